The Hall–Kier alpha value is -2.44. The fourth-order valence-electron chi connectivity index (χ4n) is 4.94. The number of benzene rings is 2. The van der Waals surface area contributed by atoms with Crippen LogP contribution in [0.1, 0.15) is 37.3 Å². The molecule has 1 heterocycles. The molecule has 6 nitrogen and oxygen atoms in total. The molecule has 2 aromatic carbocycles. The van der Waals surface area contributed by atoms with E-state index in [1.54, 1.807) is 0 Å². The number of nitrogens with one attached hydrogen (secondary N) is 2. The van der Waals surface area contributed by atoms with Gasteiger partial charge in [0.25, 0.3) is 0 Å². The highest BCUT2D eigenvalue weighted by Crippen LogP contribution is 2.19. The van der Waals surface area contributed by atoms with E-state index in [2.05, 4.69) is 60.6 Å². The minimum Gasteiger partial charge on any atom is -0.399 e. The van der Waals surface area contributed by atoms with Gasteiger partial charge in [-0.1, -0.05) is 6.92 Å². The van der Waals surface area contributed by atoms with Crippen molar-refractivity contribution in [2.24, 2.45) is 0 Å². The summed E-state index contributed by atoms with van der Waals surface area (Å²) in [5.74, 6) is 0. The van der Waals surface area contributed by atoms with Crippen molar-refractivity contribution >= 4 is 22.7 Å². The van der Waals surface area contributed by atoms with Crippen LogP contribution in [0, 0.1) is 21.3 Å². The second-order valence-corrected chi connectivity index (χ2v) is 9.78. The molecule has 0 radical (unpaired) electrons. The van der Waals surface area contributed by atoms with E-state index in [-0.39, 0.29) is 7.43 Å². The molecule has 1 aliphatic heterocycles. The highest BCUT2D eigenvalue weighted by Gasteiger charge is 2.31. The van der Waals surface area contributed by atoms with Crippen molar-refractivity contribution in [3.05, 3.63) is 55.0 Å². The molecule has 6 heteroatoms. The van der Waals surface area contributed by atoms with Crippen molar-refractivity contribution in [1.82, 2.24) is 4.90 Å². The molecular formula is C28H48N6. The molecule has 0 spiro atoms. The maximum Gasteiger partial charge on any atom is 0.0916 e. The summed E-state index contributed by atoms with van der Waals surface area (Å²) in [4.78, 5) is 2.65. The lowest BCUT2D eigenvalue weighted by Gasteiger charge is -2.45. The lowest BCUT2D eigenvalue weighted by atomic mass is 10.1. The third kappa shape index (κ3) is 8.10. The third-order valence-corrected chi connectivity index (χ3v) is 7.14. The van der Waals surface area contributed by atoms with Crippen LogP contribution in [-0.2, 0) is 0 Å². The molecule has 0 unspecified atom stereocenters. The Morgan fingerprint density at radius 3 is 1.85 bits per heavy atom. The fourth-order valence-corrected chi connectivity index (χ4v) is 4.94. The highest BCUT2D eigenvalue weighted by atomic mass is 15.4. The average Bonchev–Trinajstić information content (AvgIpc) is 2.80. The number of hydrogen-bond donors (Lipinski definition) is 4. The van der Waals surface area contributed by atoms with Crippen LogP contribution in [0.2, 0.25) is 0 Å². The van der Waals surface area contributed by atoms with Gasteiger partial charge in [-0.25, -0.2) is 0 Å². The number of quaternary nitrogens is 1. The van der Waals surface area contributed by atoms with E-state index >= 15 is 0 Å². The molecular weight excluding hydrogens is 420 g/mol. The van der Waals surface area contributed by atoms with Crippen LogP contribution in [0.25, 0.3) is 0 Å². The van der Waals surface area contributed by atoms with Crippen molar-refractivity contribution in [3.8, 4) is 0 Å². The molecule has 0 aliphatic carbocycles. The van der Waals surface area contributed by atoms with Gasteiger partial charge in [-0.2, -0.15) is 0 Å². The number of nitrogens with zero attached hydrogens (tertiary/aromatic N) is 2. The first-order valence-electron chi connectivity index (χ1n) is 12.7. The Kier molecular flexibility index (Phi) is 11.0. The Labute approximate surface area is 208 Å². The third-order valence-electron chi connectivity index (χ3n) is 7.14. The first-order valence-corrected chi connectivity index (χ1v) is 12.7. The molecule has 0 atom stereocenters. The number of hydrogen-bond acceptors (Lipinski definition) is 5. The number of aryl methyl sites for hydroxylation is 2. The summed E-state index contributed by atoms with van der Waals surface area (Å²) in [6, 6.07) is 12.4. The SMILES string of the molecule is CCC[N+]1(CCCNc2ccc(N)c(C)c2)CCN(CCCNc2ccc(N)c(C)c2)CC1.[CH3-]. The normalized spacial score (nSPS) is 15.5. The maximum absolute atomic E-state index is 5.94. The van der Waals surface area contributed by atoms with Crippen LogP contribution in [0.5, 0.6) is 0 Å². The Balaban J connectivity index is 0.00000408. The maximum atomic E-state index is 5.94. The van der Waals surface area contributed by atoms with Crippen LogP contribution in [-0.4, -0.2) is 68.3 Å². The summed E-state index contributed by atoms with van der Waals surface area (Å²) in [5.41, 5.74) is 18.2. The molecule has 1 saturated heterocycles. The standard InChI is InChI=1S/C27H45N6.CH3/c1-4-16-33(17-6-12-31-25-8-10-27(29)23(3)21-25)18-14-32(15-19-33)13-5-11-30-24-7-9-26(28)22(2)20-24;/h7-10,20-21,30-31H,4-6,11-19,28-29H2,1-3H3;1H3/q+1;-1. The summed E-state index contributed by atoms with van der Waals surface area (Å²) in [6.07, 6.45) is 3.63. The average molecular weight is 469 g/mol. The summed E-state index contributed by atoms with van der Waals surface area (Å²) in [5, 5.41) is 7.13. The van der Waals surface area contributed by atoms with Gasteiger partial charge in [0.05, 0.1) is 26.2 Å². The monoisotopic (exact) mass is 468 g/mol. The summed E-state index contributed by atoms with van der Waals surface area (Å²) >= 11 is 0. The second kappa shape index (κ2) is 13.4. The van der Waals surface area contributed by atoms with Crippen LogP contribution < -0.4 is 22.1 Å². The Bertz CT molecular complexity index is 873. The van der Waals surface area contributed by atoms with Gasteiger partial charge in [0, 0.05) is 61.9 Å². The zero-order valence-corrected chi connectivity index (χ0v) is 22.0. The van der Waals surface area contributed by atoms with E-state index in [4.69, 9.17) is 11.5 Å². The van der Waals surface area contributed by atoms with Gasteiger partial charge in [-0.15, -0.1) is 0 Å². The van der Waals surface area contributed by atoms with Gasteiger partial charge in [0.1, 0.15) is 0 Å². The minimum absolute atomic E-state index is 0. The van der Waals surface area contributed by atoms with Gasteiger partial charge < -0.3 is 34.0 Å². The van der Waals surface area contributed by atoms with E-state index in [0.717, 1.165) is 35.6 Å². The van der Waals surface area contributed by atoms with Crippen molar-refractivity contribution in [2.75, 3.05) is 81.0 Å². The first kappa shape index (κ1) is 27.8. The number of anilines is 4. The van der Waals surface area contributed by atoms with E-state index in [1.807, 2.05) is 12.1 Å². The largest absolute Gasteiger partial charge is 0.399 e. The number of piperazine rings is 1. The molecule has 2 aromatic rings. The van der Waals surface area contributed by atoms with Crippen LogP contribution in [0.4, 0.5) is 22.7 Å². The highest BCUT2D eigenvalue weighted by molar-refractivity contribution is 5.57. The van der Waals surface area contributed by atoms with Gasteiger partial charge in [-0.3, -0.25) is 4.90 Å². The predicted molar refractivity (Wildman–Crippen MR) is 150 cm³/mol. The molecule has 3 rings (SSSR count). The van der Waals surface area contributed by atoms with Gasteiger partial charge in [0.2, 0.25) is 0 Å². The lowest BCUT2D eigenvalue weighted by molar-refractivity contribution is -0.932. The summed E-state index contributed by atoms with van der Waals surface area (Å²) < 4.78 is 1.28. The smallest absolute Gasteiger partial charge is 0.0916 e. The summed E-state index contributed by atoms with van der Waals surface area (Å²) in [6.45, 7) is 17.2. The molecule has 0 bridgehead atoms. The molecule has 0 aromatic heterocycles. The molecule has 1 aliphatic rings. The Morgan fingerprint density at radius 2 is 1.35 bits per heavy atom. The van der Waals surface area contributed by atoms with Gasteiger partial charge in [-0.05, 0) is 74.2 Å². The first-order chi connectivity index (χ1) is 15.9. The zero-order chi connectivity index (χ0) is 23.7. The fraction of sp³-hybridized carbons (Fsp3) is 0.536. The van der Waals surface area contributed by atoms with E-state index in [0.29, 0.717) is 0 Å². The van der Waals surface area contributed by atoms with Crippen LogP contribution in [0.3, 0.4) is 0 Å². The topological polar surface area (TPSA) is 79.3 Å². The molecule has 1 fully saturated rings. The quantitative estimate of drug-likeness (QED) is 0.156. The van der Waals surface area contributed by atoms with Crippen molar-refractivity contribution in [3.63, 3.8) is 0 Å². The van der Waals surface area contributed by atoms with E-state index in [1.165, 1.54) is 80.9 Å². The second-order valence-electron chi connectivity index (χ2n) is 9.78. The van der Waals surface area contributed by atoms with E-state index in [9.17, 15) is 0 Å². The minimum atomic E-state index is 0. The number of rotatable bonds is 12. The number of nitrogen functional groups attached to an aromatic ring is 2. The van der Waals surface area contributed by atoms with Crippen molar-refractivity contribution in [2.45, 2.75) is 40.0 Å². The van der Waals surface area contributed by atoms with Crippen molar-refractivity contribution in [1.29, 1.82) is 0 Å². The summed E-state index contributed by atoms with van der Waals surface area (Å²) in [7, 11) is 0. The molecule has 0 saturated carbocycles. The number of nitrogens with two attached hydrogens (primary N) is 2. The zero-order valence-electron chi connectivity index (χ0n) is 22.0. The van der Waals surface area contributed by atoms with Crippen LogP contribution >= 0.6 is 0 Å². The van der Waals surface area contributed by atoms with Gasteiger partial charge >= 0.3 is 0 Å². The predicted octanol–water partition coefficient (Wildman–Crippen LogP) is 4.76. The molecule has 0 amide bonds. The van der Waals surface area contributed by atoms with Crippen LogP contribution in [0.15, 0.2) is 36.4 Å². The van der Waals surface area contributed by atoms with Gasteiger partial charge in [0.15, 0.2) is 0 Å². The molecule has 34 heavy (non-hydrogen) atoms. The molecule has 6 N–H and O–H groups in total. The lowest BCUT2D eigenvalue weighted by Crippen LogP contribution is -2.60. The Morgan fingerprint density at radius 1 is 0.824 bits per heavy atom. The van der Waals surface area contributed by atoms with Crippen molar-refractivity contribution < 1.29 is 4.48 Å². The van der Waals surface area contributed by atoms with E-state index < -0.39 is 0 Å². The molecule has 190 valence electrons.